The summed E-state index contributed by atoms with van der Waals surface area (Å²) in [5, 5.41) is 23.4. The minimum absolute atomic E-state index is 0.0881. The Morgan fingerprint density at radius 1 is 1.24 bits per heavy atom. The minimum Gasteiger partial charge on any atom is -0.392 e. The number of nitro benzene ring substituents is 1. The van der Waals surface area contributed by atoms with E-state index in [-0.39, 0.29) is 27.8 Å². The highest BCUT2D eigenvalue weighted by atomic mass is 35.5. The van der Waals surface area contributed by atoms with E-state index in [1.165, 1.54) is 31.2 Å². The normalized spacial score (nSPS) is 12.4. The number of anilines is 2. The van der Waals surface area contributed by atoms with Gasteiger partial charge in [-0.2, -0.15) is 0 Å². The van der Waals surface area contributed by atoms with E-state index in [4.69, 9.17) is 11.6 Å². The van der Waals surface area contributed by atoms with Crippen molar-refractivity contribution < 1.29 is 18.4 Å². The molecule has 1 atom stereocenters. The maximum absolute atomic E-state index is 12.5. The summed E-state index contributed by atoms with van der Waals surface area (Å²) in [4.78, 5) is 10.3. The van der Waals surface area contributed by atoms with Gasteiger partial charge in [0, 0.05) is 12.6 Å². The molecule has 2 aromatic carbocycles. The van der Waals surface area contributed by atoms with Crippen LogP contribution in [0.25, 0.3) is 0 Å². The zero-order chi connectivity index (χ0) is 18.6. The van der Waals surface area contributed by atoms with Gasteiger partial charge in [0.2, 0.25) is 0 Å². The lowest BCUT2D eigenvalue weighted by molar-refractivity contribution is -0.384. The van der Waals surface area contributed by atoms with E-state index in [1.807, 2.05) is 0 Å². The molecular formula is C15H16ClN3O5S. The van der Waals surface area contributed by atoms with E-state index in [2.05, 4.69) is 10.0 Å². The van der Waals surface area contributed by atoms with Crippen LogP contribution in [0.1, 0.15) is 6.92 Å². The van der Waals surface area contributed by atoms with E-state index in [9.17, 15) is 23.6 Å². The number of aliphatic hydroxyl groups is 1. The molecule has 2 aromatic rings. The molecule has 0 amide bonds. The Balaban J connectivity index is 2.36. The number of halogens is 1. The van der Waals surface area contributed by atoms with Gasteiger partial charge >= 0.3 is 0 Å². The Hall–Kier alpha value is -2.36. The molecule has 8 nitrogen and oxygen atoms in total. The fourth-order valence-electron chi connectivity index (χ4n) is 1.98. The first kappa shape index (κ1) is 19.0. The van der Waals surface area contributed by atoms with Gasteiger partial charge in [0.15, 0.2) is 0 Å². The molecule has 25 heavy (non-hydrogen) atoms. The first-order chi connectivity index (χ1) is 11.7. The smallest absolute Gasteiger partial charge is 0.293 e. The second-order valence-corrected chi connectivity index (χ2v) is 7.34. The van der Waals surface area contributed by atoms with Crippen molar-refractivity contribution in [1.29, 1.82) is 0 Å². The maximum Gasteiger partial charge on any atom is 0.293 e. The van der Waals surface area contributed by atoms with E-state index in [0.717, 1.165) is 6.07 Å². The molecule has 0 aromatic heterocycles. The number of hydrogen-bond donors (Lipinski definition) is 3. The predicted octanol–water partition coefficient (Wildman–Crippen LogP) is 2.84. The number of benzene rings is 2. The number of nitro groups is 1. The van der Waals surface area contributed by atoms with Crippen molar-refractivity contribution >= 4 is 38.7 Å². The average Bonchev–Trinajstić information content (AvgIpc) is 2.54. The lowest BCUT2D eigenvalue weighted by atomic mass is 10.2. The molecular weight excluding hydrogens is 370 g/mol. The summed E-state index contributed by atoms with van der Waals surface area (Å²) in [6.45, 7) is 1.61. The van der Waals surface area contributed by atoms with Gasteiger partial charge < -0.3 is 10.4 Å². The largest absolute Gasteiger partial charge is 0.392 e. The summed E-state index contributed by atoms with van der Waals surface area (Å²) in [6.07, 6.45) is -0.718. The molecule has 134 valence electrons. The van der Waals surface area contributed by atoms with Crippen LogP contribution in [0.15, 0.2) is 47.4 Å². The Kier molecular flexibility index (Phi) is 5.83. The number of rotatable bonds is 7. The molecule has 0 bridgehead atoms. The van der Waals surface area contributed by atoms with Crippen molar-refractivity contribution in [3.63, 3.8) is 0 Å². The summed E-state index contributed by atoms with van der Waals surface area (Å²) in [6, 6.07) is 9.71. The van der Waals surface area contributed by atoms with E-state index < -0.39 is 26.7 Å². The summed E-state index contributed by atoms with van der Waals surface area (Å²) < 4.78 is 27.2. The van der Waals surface area contributed by atoms with Crippen LogP contribution in [-0.4, -0.2) is 31.1 Å². The van der Waals surface area contributed by atoms with Gasteiger partial charge in [-0.05, 0) is 31.2 Å². The Morgan fingerprint density at radius 2 is 1.92 bits per heavy atom. The third-order valence-corrected chi connectivity index (χ3v) is 4.88. The van der Waals surface area contributed by atoms with E-state index in [0.29, 0.717) is 0 Å². The molecule has 0 aliphatic heterocycles. The molecule has 0 aliphatic carbocycles. The number of para-hydroxylation sites is 1. The molecule has 10 heteroatoms. The highest BCUT2D eigenvalue weighted by Crippen LogP contribution is 2.29. The molecule has 0 radical (unpaired) electrons. The molecule has 0 saturated carbocycles. The second-order valence-electron chi connectivity index (χ2n) is 5.25. The van der Waals surface area contributed by atoms with E-state index >= 15 is 0 Å². The van der Waals surface area contributed by atoms with Gasteiger partial charge in [-0.3, -0.25) is 14.8 Å². The Labute approximate surface area is 149 Å². The van der Waals surface area contributed by atoms with Crippen molar-refractivity contribution in [2.24, 2.45) is 0 Å². The number of nitrogens with zero attached hydrogens (tertiary/aromatic N) is 1. The first-order valence-corrected chi connectivity index (χ1v) is 9.04. The van der Waals surface area contributed by atoms with Gasteiger partial charge in [-0.1, -0.05) is 23.7 Å². The van der Waals surface area contributed by atoms with Crippen molar-refractivity contribution in [3.05, 3.63) is 57.6 Å². The predicted molar refractivity (Wildman–Crippen MR) is 95.5 cm³/mol. The number of hydrogen-bond acceptors (Lipinski definition) is 6. The van der Waals surface area contributed by atoms with E-state index in [1.54, 1.807) is 12.1 Å². The molecule has 0 saturated heterocycles. The molecule has 0 fully saturated rings. The van der Waals surface area contributed by atoms with Crippen molar-refractivity contribution in [3.8, 4) is 0 Å². The number of nitrogens with one attached hydrogen (secondary N) is 2. The van der Waals surface area contributed by atoms with Crippen LogP contribution in [-0.2, 0) is 10.0 Å². The fourth-order valence-corrected chi connectivity index (χ4v) is 3.32. The van der Waals surface area contributed by atoms with Crippen molar-refractivity contribution in [1.82, 2.24) is 0 Å². The van der Waals surface area contributed by atoms with Gasteiger partial charge in [-0.15, -0.1) is 0 Å². The first-order valence-electron chi connectivity index (χ1n) is 7.18. The lowest BCUT2D eigenvalue weighted by Crippen LogP contribution is -2.17. The average molecular weight is 386 g/mol. The standard InChI is InChI=1S/C15H16ClN3O5S/c1-10(20)9-17-14-7-6-11(8-15(14)19(21)22)25(23,24)18-13-5-3-2-4-12(13)16/h2-8,10,17-18,20H,9H2,1H3/t10-/m1/s1. The van der Waals surface area contributed by atoms with Gasteiger partial charge in [-0.25, -0.2) is 8.42 Å². The molecule has 0 heterocycles. The highest BCUT2D eigenvalue weighted by Gasteiger charge is 2.22. The van der Waals surface area contributed by atoms with Gasteiger partial charge in [0.25, 0.3) is 15.7 Å². The maximum atomic E-state index is 12.5. The number of sulfonamides is 1. The lowest BCUT2D eigenvalue weighted by Gasteiger charge is -2.12. The van der Waals surface area contributed by atoms with Crippen LogP contribution in [0, 0.1) is 10.1 Å². The SMILES string of the molecule is C[C@@H](O)CNc1ccc(S(=O)(=O)Nc2ccccc2Cl)cc1[N+](=O)[O-]. The zero-order valence-electron chi connectivity index (χ0n) is 13.1. The molecule has 2 rings (SSSR count). The molecule has 0 spiro atoms. The Morgan fingerprint density at radius 3 is 2.52 bits per heavy atom. The molecule has 0 unspecified atom stereocenters. The van der Waals surface area contributed by atoms with Crippen LogP contribution in [0.5, 0.6) is 0 Å². The van der Waals surface area contributed by atoms with Crippen LogP contribution in [0.4, 0.5) is 17.1 Å². The van der Waals surface area contributed by atoms with Gasteiger partial charge in [0.05, 0.1) is 26.6 Å². The molecule has 0 aliphatic rings. The third kappa shape index (κ3) is 4.81. The van der Waals surface area contributed by atoms with Crippen LogP contribution in [0.3, 0.4) is 0 Å². The quantitative estimate of drug-likeness (QED) is 0.497. The second kappa shape index (κ2) is 7.68. The van der Waals surface area contributed by atoms with Crippen LogP contribution >= 0.6 is 11.6 Å². The minimum atomic E-state index is -4.06. The molecule has 3 N–H and O–H groups in total. The Bertz CT molecular complexity index is 886. The monoisotopic (exact) mass is 385 g/mol. The van der Waals surface area contributed by atoms with Crippen LogP contribution < -0.4 is 10.0 Å². The summed E-state index contributed by atoms with van der Waals surface area (Å²) in [5.74, 6) is 0. The van der Waals surface area contributed by atoms with Gasteiger partial charge in [0.1, 0.15) is 5.69 Å². The van der Waals surface area contributed by atoms with Crippen molar-refractivity contribution in [2.45, 2.75) is 17.9 Å². The summed E-state index contributed by atoms with van der Waals surface area (Å²) in [7, 11) is -4.06. The summed E-state index contributed by atoms with van der Waals surface area (Å²) >= 11 is 5.93. The zero-order valence-corrected chi connectivity index (χ0v) is 14.7. The highest BCUT2D eigenvalue weighted by molar-refractivity contribution is 7.92. The van der Waals surface area contributed by atoms with Crippen molar-refractivity contribution in [2.75, 3.05) is 16.6 Å². The number of aliphatic hydroxyl groups excluding tert-OH is 1. The summed E-state index contributed by atoms with van der Waals surface area (Å²) in [5.41, 5.74) is -0.131. The third-order valence-electron chi connectivity index (χ3n) is 3.18. The fraction of sp³-hybridized carbons (Fsp3) is 0.200. The van der Waals surface area contributed by atoms with Crippen LogP contribution in [0.2, 0.25) is 5.02 Å². The topological polar surface area (TPSA) is 122 Å².